The zero-order valence-corrected chi connectivity index (χ0v) is 14.4. The number of aromatic nitrogens is 4. The molecule has 2 aromatic heterocycles. The molecule has 0 amide bonds. The lowest BCUT2D eigenvalue weighted by Crippen LogP contribution is -2.26. The monoisotopic (exact) mass is 361 g/mol. The number of imidazole rings is 1. The molecule has 0 N–H and O–H groups in total. The fourth-order valence-corrected chi connectivity index (χ4v) is 3.94. The molecule has 1 aliphatic carbocycles. The van der Waals surface area contributed by atoms with Gasteiger partial charge in [0.1, 0.15) is 5.82 Å². The van der Waals surface area contributed by atoms with E-state index in [0.717, 1.165) is 29.8 Å². The van der Waals surface area contributed by atoms with Crippen LogP contribution in [0.4, 0.5) is 5.95 Å². The largest absolute Gasteiger partial charge is 0.333 e. The zero-order chi connectivity index (χ0) is 15.1. The average molecular weight is 362 g/mol. The van der Waals surface area contributed by atoms with E-state index in [0.29, 0.717) is 6.04 Å². The Labute approximate surface area is 138 Å². The smallest absolute Gasteiger partial charge is 0.225 e. The minimum absolute atomic E-state index is 0.303. The van der Waals surface area contributed by atoms with Gasteiger partial charge in [0.2, 0.25) is 5.95 Å². The van der Waals surface area contributed by atoms with Crippen molar-refractivity contribution >= 4 is 21.9 Å². The topological polar surface area (TPSA) is 46.8 Å². The van der Waals surface area contributed by atoms with Crippen LogP contribution < -0.4 is 4.90 Å². The van der Waals surface area contributed by atoms with Crippen LogP contribution in [0.1, 0.15) is 48.9 Å². The Morgan fingerprint density at radius 2 is 1.91 bits per heavy atom. The molecule has 0 spiro atoms. The number of halogens is 1. The average Bonchev–Trinajstić information content (AvgIpc) is 3.13. The van der Waals surface area contributed by atoms with Crippen LogP contribution in [0.5, 0.6) is 0 Å². The van der Waals surface area contributed by atoms with Gasteiger partial charge in [-0.25, -0.2) is 15.0 Å². The molecule has 3 heterocycles. The molecule has 1 fully saturated rings. The summed E-state index contributed by atoms with van der Waals surface area (Å²) in [4.78, 5) is 16.2. The Morgan fingerprint density at radius 3 is 2.68 bits per heavy atom. The van der Waals surface area contributed by atoms with E-state index in [9.17, 15) is 0 Å². The summed E-state index contributed by atoms with van der Waals surface area (Å²) in [7, 11) is 2.17. The Balaban J connectivity index is 1.69. The first kappa shape index (κ1) is 14.2. The highest BCUT2D eigenvalue weighted by Gasteiger charge is 2.32. The van der Waals surface area contributed by atoms with E-state index in [1.807, 2.05) is 12.4 Å². The van der Waals surface area contributed by atoms with Gasteiger partial charge in [-0.15, -0.1) is 0 Å². The maximum atomic E-state index is 4.98. The van der Waals surface area contributed by atoms with Gasteiger partial charge in [-0.05, 0) is 54.5 Å². The lowest BCUT2D eigenvalue weighted by molar-refractivity contribution is 0.604. The molecule has 2 aliphatic rings. The number of anilines is 1. The fraction of sp³-hybridized carbons (Fsp3) is 0.562. The molecule has 0 bridgehead atoms. The van der Waals surface area contributed by atoms with Crippen LogP contribution in [-0.2, 0) is 19.9 Å². The van der Waals surface area contributed by atoms with Crippen LogP contribution in [0.15, 0.2) is 16.9 Å². The molecule has 2 aromatic rings. The number of hydrogen-bond donors (Lipinski definition) is 0. The predicted octanol–water partition coefficient (Wildman–Crippen LogP) is 3.19. The van der Waals surface area contributed by atoms with E-state index in [2.05, 4.69) is 42.4 Å². The van der Waals surface area contributed by atoms with Crippen molar-refractivity contribution in [1.82, 2.24) is 19.5 Å². The lowest BCUT2D eigenvalue weighted by Gasteiger charge is -2.24. The van der Waals surface area contributed by atoms with Crippen LogP contribution in [0.2, 0.25) is 0 Å². The van der Waals surface area contributed by atoms with E-state index in [4.69, 9.17) is 4.98 Å². The third kappa shape index (κ3) is 2.33. The maximum absolute atomic E-state index is 4.98. The molecule has 1 aliphatic heterocycles. The van der Waals surface area contributed by atoms with Crippen LogP contribution in [0, 0.1) is 0 Å². The second kappa shape index (κ2) is 5.65. The molecular weight excluding hydrogens is 342 g/mol. The second-order valence-corrected chi connectivity index (χ2v) is 7.10. The Hall–Kier alpha value is -1.43. The summed E-state index contributed by atoms with van der Waals surface area (Å²) in [6.07, 6.45) is 10.8. The first-order chi connectivity index (χ1) is 10.7. The Kier molecular flexibility index (Phi) is 3.64. The van der Waals surface area contributed by atoms with E-state index < -0.39 is 0 Å². The summed E-state index contributed by atoms with van der Waals surface area (Å²) >= 11 is 3.40. The van der Waals surface area contributed by atoms with Gasteiger partial charge in [0, 0.05) is 31.7 Å². The molecule has 1 atom stereocenters. The Bertz CT molecular complexity index is 679. The molecule has 0 unspecified atom stereocenters. The number of nitrogens with zero attached hydrogens (tertiary/aromatic N) is 5. The van der Waals surface area contributed by atoms with Crippen molar-refractivity contribution in [2.75, 3.05) is 11.4 Å². The van der Waals surface area contributed by atoms with Gasteiger partial charge in [0.05, 0.1) is 16.2 Å². The van der Waals surface area contributed by atoms with Crippen LogP contribution in [0.25, 0.3) is 0 Å². The highest BCUT2D eigenvalue weighted by molar-refractivity contribution is 9.10. The van der Waals surface area contributed by atoms with Gasteiger partial charge >= 0.3 is 0 Å². The minimum Gasteiger partial charge on any atom is -0.333 e. The summed E-state index contributed by atoms with van der Waals surface area (Å²) in [5.74, 6) is 2.00. The number of aryl methyl sites for hydroxylation is 1. The predicted molar refractivity (Wildman–Crippen MR) is 88.9 cm³/mol. The van der Waals surface area contributed by atoms with E-state index in [1.165, 1.54) is 42.9 Å². The summed E-state index contributed by atoms with van der Waals surface area (Å²) in [6.45, 7) is 1.00. The highest BCUT2D eigenvalue weighted by atomic mass is 79.9. The van der Waals surface area contributed by atoms with Gasteiger partial charge in [0.25, 0.3) is 0 Å². The molecule has 0 radical (unpaired) electrons. The van der Waals surface area contributed by atoms with Gasteiger partial charge in [0.15, 0.2) is 0 Å². The SMILES string of the molecule is Cn1c([C@H]2CCCN2c2ncc(Br)cn2)nc2c1CCCC2. The lowest BCUT2D eigenvalue weighted by atomic mass is 10.0. The van der Waals surface area contributed by atoms with E-state index in [1.54, 1.807) is 0 Å². The molecule has 5 nitrogen and oxygen atoms in total. The van der Waals surface area contributed by atoms with Crippen molar-refractivity contribution in [3.63, 3.8) is 0 Å². The molecule has 22 heavy (non-hydrogen) atoms. The third-order valence-electron chi connectivity index (χ3n) is 4.82. The molecule has 0 aromatic carbocycles. The summed E-state index contributed by atoms with van der Waals surface area (Å²) in [5, 5.41) is 0. The Morgan fingerprint density at radius 1 is 1.14 bits per heavy atom. The van der Waals surface area contributed by atoms with Crippen LogP contribution in [0.3, 0.4) is 0 Å². The molecule has 4 rings (SSSR count). The molecule has 1 saturated heterocycles. The standard InChI is InChI=1S/C16H20BrN5/c1-21-13-6-3-2-5-12(13)20-15(21)14-7-4-8-22(14)16-18-9-11(17)10-19-16/h9-10,14H,2-8H2,1H3/t14-/m1/s1. The molecule has 6 heteroatoms. The zero-order valence-electron chi connectivity index (χ0n) is 12.8. The fourth-order valence-electron chi connectivity index (χ4n) is 3.73. The van der Waals surface area contributed by atoms with Gasteiger partial charge in [-0.2, -0.15) is 0 Å². The first-order valence-corrected chi connectivity index (χ1v) is 8.82. The van der Waals surface area contributed by atoms with Crippen LogP contribution in [-0.4, -0.2) is 26.1 Å². The van der Waals surface area contributed by atoms with Gasteiger partial charge in [-0.1, -0.05) is 0 Å². The maximum Gasteiger partial charge on any atom is 0.225 e. The number of rotatable bonds is 2. The summed E-state index contributed by atoms with van der Waals surface area (Å²) in [6, 6.07) is 0.303. The minimum atomic E-state index is 0.303. The van der Waals surface area contributed by atoms with Crippen molar-refractivity contribution in [2.24, 2.45) is 7.05 Å². The molecule has 116 valence electrons. The van der Waals surface area contributed by atoms with Crippen molar-refractivity contribution in [1.29, 1.82) is 0 Å². The molecular formula is C16H20BrN5. The van der Waals surface area contributed by atoms with E-state index >= 15 is 0 Å². The van der Waals surface area contributed by atoms with Crippen molar-refractivity contribution in [3.05, 3.63) is 34.1 Å². The molecule has 0 saturated carbocycles. The van der Waals surface area contributed by atoms with Gasteiger partial charge in [-0.3, -0.25) is 0 Å². The first-order valence-electron chi connectivity index (χ1n) is 8.02. The third-order valence-corrected chi connectivity index (χ3v) is 5.23. The van der Waals surface area contributed by atoms with E-state index in [-0.39, 0.29) is 0 Å². The quantitative estimate of drug-likeness (QED) is 0.823. The number of fused-ring (bicyclic) bond motifs is 1. The summed E-state index contributed by atoms with van der Waals surface area (Å²) in [5.41, 5.74) is 2.75. The van der Waals surface area contributed by atoms with Crippen LogP contribution >= 0.6 is 15.9 Å². The van der Waals surface area contributed by atoms with Crippen molar-refractivity contribution < 1.29 is 0 Å². The second-order valence-electron chi connectivity index (χ2n) is 6.18. The van der Waals surface area contributed by atoms with Crippen molar-refractivity contribution in [2.45, 2.75) is 44.6 Å². The van der Waals surface area contributed by atoms with Crippen molar-refractivity contribution in [3.8, 4) is 0 Å². The number of hydrogen-bond acceptors (Lipinski definition) is 4. The van der Waals surface area contributed by atoms with Gasteiger partial charge < -0.3 is 9.47 Å². The highest BCUT2D eigenvalue weighted by Crippen LogP contribution is 2.35. The normalized spacial score (nSPS) is 21.2. The summed E-state index contributed by atoms with van der Waals surface area (Å²) < 4.78 is 3.25.